The van der Waals surface area contributed by atoms with Gasteiger partial charge in [0.25, 0.3) is 0 Å². The highest BCUT2D eigenvalue weighted by Crippen LogP contribution is 2.42. The average Bonchev–Trinajstić information content (AvgIpc) is 3.13. The Morgan fingerprint density at radius 3 is 2.70 bits per heavy atom. The van der Waals surface area contributed by atoms with E-state index in [1.54, 1.807) is 21.5 Å². The van der Waals surface area contributed by atoms with Crippen LogP contribution in [0.15, 0.2) is 18.2 Å². The van der Waals surface area contributed by atoms with Crippen molar-refractivity contribution < 1.29 is 9.59 Å². The van der Waals surface area contributed by atoms with Gasteiger partial charge in [0.05, 0.1) is 5.69 Å². The molecule has 7 nitrogen and oxygen atoms in total. The Morgan fingerprint density at radius 2 is 2.04 bits per heavy atom. The normalized spacial score (nSPS) is 19.5. The van der Waals surface area contributed by atoms with Crippen LogP contribution in [-0.2, 0) is 18.3 Å². The molecule has 1 atom stereocenters. The molecule has 2 aliphatic rings. The summed E-state index contributed by atoms with van der Waals surface area (Å²) in [5.41, 5.74) is 4.36. The number of carbonyl (C=O) groups is 2. The largest absolute Gasteiger partial charge is 0.326 e. The lowest BCUT2D eigenvalue weighted by Gasteiger charge is -2.27. The molecule has 1 unspecified atom stereocenters. The van der Waals surface area contributed by atoms with E-state index in [1.165, 1.54) is 0 Å². The lowest BCUT2D eigenvalue weighted by molar-refractivity contribution is -0.116. The highest BCUT2D eigenvalue weighted by molar-refractivity contribution is 6.30. The highest BCUT2D eigenvalue weighted by Gasteiger charge is 2.33. The standard InChI is InChI=1S/C19H22ClN5O2/c1-4-14-17(18(20)24(3)22-14)13-10-16(26)21-15-9-11(5-6-12(13)15)25-8-7-23(2)19(25)27/h5-6,9,13H,4,7-8,10H2,1-3H3,(H,21,26). The van der Waals surface area contributed by atoms with E-state index in [-0.39, 0.29) is 17.9 Å². The number of aryl methyl sites for hydroxylation is 2. The average molecular weight is 388 g/mol. The van der Waals surface area contributed by atoms with Crippen LogP contribution in [0.5, 0.6) is 0 Å². The fourth-order valence-corrected chi connectivity index (χ4v) is 4.22. The quantitative estimate of drug-likeness (QED) is 0.880. The predicted molar refractivity (Wildman–Crippen MR) is 104 cm³/mol. The second-order valence-corrected chi connectivity index (χ2v) is 7.42. The van der Waals surface area contributed by atoms with Gasteiger partial charge in [-0.2, -0.15) is 5.10 Å². The number of hydrogen-bond donors (Lipinski definition) is 1. The fraction of sp³-hybridized carbons (Fsp3) is 0.421. The van der Waals surface area contributed by atoms with Gasteiger partial charge >= 0.3 is 6.03 Å². The van der Waals surface area contributed by atoms with Crippen LogP contribution in [0.3, 0.4) is 0 Å². The van der Waals surface area contributed by atoms with Gasteiger partial charge in [0.15, 0.2) is 0 Å². The number of fused-ring (bicyclic) bond motifs is 1. The summed E-state index contributed by atoms with van der Waals surface area (Å²) in [6, 6.07) is 5.78. The molecule has 0 spiro atoms. The molecule has 2 aliphatic heterocycles. The molecule has 3 heterocycles. The molecule has 0 saturated carbocycles. The van der Waals surface area contributed by atoms with E-state index in [0.29, 0.717) is 24.7 Å². The molecule has 8 heteroatoms. The number of anilines is 2. The van der Waals surface area contributed by atoms with Crippen LogP contribution in [0.2, 0.25) is 5.15 Å². The van der Waals surface area contributed by atoms with Gasteiger partial charge in [-0.1, -0.05) is 24.6 Å². The molecule has 3 amide bonds. The van der Waals surface area contributed by atoms with Crippen LogP contribution in [0.1, 0.15) is 36.1 Å². The topological polar surface area (TPSA) is 70.5 Å². The third kappa shape index (κ3) is 2.86. The Hall–Kier alpha value is -2.54. The predicted octanol–water partition coefficient (Wildman–Crippen LogP) is 2.98. The van der Waals surface area contributed by atoms with Crippen molar-refractivity contribution in [2.45, 2.75) is 25.7 Å². The zero-order valence-electron chi connectivity index (χ0n) is 15.6. The number of urea groups is 1. The first kappa shape index (κ1) is 17.9. The first-order valence-corrected chi connectivity index (χ1v) is 9.46. The summed E-state index contributed by atoms with van der Waals surface area (Å²) in [6.07, 6.45) is 1.08. The first-order chi connectivity index (χ1) is 12.9. The third-order valence-electron chi connectivity index (χ3n) is 5.38. The zero-order chi connectivity index (χ0) is 19.3. The second-order valence-electron chi connectivity index (χ2n) is 7.06. The molecular formula is C19H22ClN5O2. The van der Waals surface area contributed by atoms with Crippen molar-refractivity contribution in [2.75, 3.05) is 30.4 Å². The summed E-state index contributed by atoms with van der Waals surface area (Å²) < 4.78 is 1.66. The van der Waals surface area contributed by atoms with E-state index in [9.17, 15) is 9.59 Å². The van der Waals surface area contributed by atoms with Crippen molar-refractivity contribution in [3.05, 3.63) is 40.2 Å². The highest BCUT2D eigenvalue weighted by atomic mass is 35.5. The van der Waals surface area contributed by atoms with Gasteiger partial charge in [-0.15, -0.1) is 0 Å². The van der Waals surface area contributed by atoms with E-state index in [4.69, 9.17) is 11.6 Å². The van der Waals surface area contributed by atoms with Crippen molar-refractivity contribution in [3.8, 4) is 0 Å². The number of rotatable bonds is 3. The molecule has 0 aliphatic carbocycles. The number of nitrogens with zero attached hydrogens (tertiary/aromatic N) is 4. The van der Waals surface area contributed by atoms with Crippen molar-refractivity contribution in [3.63, 3.8) is 0 Å². The number of nitrogens with one attached hydrogen (secondary N) is 1. The summed E-state index contributed by atoms with van der Waals surface area (Å²) >= 11 is 6.52. The number of halogens is 1. The van der Waals surface area contributed by atoms with Crippen LogP contribution in [0.4, 0.5) is 16.2 Å². The van der Waals surface area contributed by atoms with E-state index < -0.39 is 0 Å². The SMILES string of the molecule is CCc1nn(C)c(Cl)c1C1CC(=O)Nc2cc(N3CCN(C)C3=O)ccc21. The fourth-order valence-electron chi connectivity index (χ4n) is 3.94. The maximum atomic E-state index is 12.4. The van der Waals surface area contributed by atoms with Gasteiger partial charge in [0, 0.05) is 56.5 Å². The van der Waals surface area contributed by atoms with Gasteiger partial charge < -0.3 is 10.2 Å². The zero-order valence-corrected chi connectivity index (χ0v) is 16.4. The lowest BCUT2D eigenvalue weighted by Crippen LogP contribution is -2.30. The van der Waals surface area contributed by atoms with E-state index in [2.05, 4.69) is 10.4 Å². The molecule has 4 rings (SSSR count). The number of benzene rings is 1. The van der Waals surface area contributed by atoms with Crippen LogP contribution < -0.4 is 10.2 Å². The Bertz CT molecular complexity index is 938. The molecule has 1 fully saturated rings. The molecule has 1 aromatic carbocycles. The summed E-state index contributed by atoms with van der Waals surface area (Å²) in [5, 5.41) is 8.02. The number of amides is 3. The Morgan fingerprint density at radius 1 is 1.26 bits per heavy atom. The molecule has 1 N–H and O–H groups in total. The third-order valence-corrected chi connectivity index (χ3v) is 5.82. The maximum absolute atomic E-state index is 12.4. The second kappa shape index (κ2) is 6.56. The number of aromatic nitrogens is 2. The lowest BCUT2D eigenvalue weighted by atomic mass is 9.84. The molecular weight excluding hydrogens is 366 g/mol. The summed E-state index contributed by atoms with van der Waals surface area (Å²) in [6.45, 7) is 3.36. The minimum atomic E-state index is -0.143. The summed E-state index contributed by atoms with van der Waals surface area (Å²) in [5.74, 6) is -0.201. The van der Waals surface area contributed by atoms with Crippen LogP contribution in [0, 0.1) is 0 Å². The molecule has 1 saturated heterocycles. The van der Waals surface area contributed by atoms with Crippen LogP contribution >= 0.6 is 11.6 Å². The van der Waals surface area contributed by atoms with Gasteiger partial charge in [-0.3, -0.25) is 14.4 Å². The molecule has 0 bridgehead atoms. The minimum absolute atomic E-state index is 0.0304. The summed E-state index contributed by atoms with van der Waals surface area (Å²) in [4.78, 5) is 28.1. The van der Waals surface area contributed by atoms with Gasteiger partial charge in [0.1, 0.15) is 5.15 Å². The molecule has 1 aromatic heterocycles. The Labute approximate surface area is 162 Å². The van der Waals surface area contributed by atoms with E-state index in [1.807, 2.05) is 32.2 Å². The molecule has 2 aromatic rings. The Balaban J connectivity index is 1.78. The van der Waals surface area contributed by atoms with E-state index >= 15 is 0 Å². The van der Waals surface area contributed by atoms with Gasteiger partial charge in [-0.05, 0) is 24.1 Å². The number of likely N-dealkylation sites (N-methyl/N-ethyl adjacent to an activating group) is 1. The number of hydrogen-bond acceptors (Lipinski definition) is 3. The molecule has 27 heavy (non-hydrogen) atoms. The maximum Gasteiger partial charge on any atom is 0.324 e. The Kier molecular flexibility index (Phi) is 4.34. The van der Waals surface area contributed by atoms with Gasteiger partial charge in [0.2, 0.25) is 5.91 Å². The van der Waals surface area contributed by atoms with Crippen LogP contribution in [-0.4, -0.2) is 46.8 Å². The number of carbonyl (C=O) groups excluding carboxylic acids is 2. The van der Waals surface area contributed by atoms with Gasteiger partial charge in [-0.25, -0.2) is 4.79 Å². The monoisotopic (exact) mass is 387 g/mol. The van der Waals surface area contributed by atoms with Crippen molar-refractivity contribution in [1.82, 2.24) is 14.7 Å². The summed E-state index contributed by atoms with van der Waals surface area (Å²) in [7, 11) is 3.60. The van der Waals surface area contributed by atoms with Crippen molar-refractivity contribution >= 4 is 34.9 Å². The first-order valence-electron chi connectivity index (χ1n) is 9.08. The minimum Gasteiger partial charge on any atom is -0.326 e. The van der Waals surface area contributed by atoms with Crippen molar-refractivity contribution in [2.24, 2.45) is 7.05 Å². The molecule has 142 valence electrons. The van der Waals surface area contributed by atoms with Crippen molar-refractivity contribution in [1.29, 1.82) is 0 Å². The van der Waals surface area contributed by atoms with Crippen LogP contribution in [0.25, 0.3) is 0 Å². The van der Waals surface area contributed by atoms with E-state index in [0.717, 1.165) is 34.6 Å². The molecule has 0 radical (unpaired) electrons. The smallest absolute Gasteiger partial charge is 0.324 e.